The molecular weight excluding hydrogens is 408 g/mol. The van der Waals surface area contributed by atoms with Crippen LogP contribution in [0.4, 0.5) is 0 Å². The number of rotatable bonds is 5. The molecule has 7 heteroatoms. The molecule has 0 radical (unpaired) electrons. The topological polar surface area (TPSA) is 84.5 Å². The van der Waals surface area contributed by atoms with Crippen LogP contribution in [0.15, 0.2) is 60.7 Å². The average molecular weight is 434 g/mol. The van der Waals surface area contributed by atoms with Crippen LogP contribution in [0.25, 0.3) is 0 Å². The van der Waals surface area contributed by atoms with Crippen molar-refractivity contribution in [2.24, 2.45) is 5.92 Å². The van der Waals surface area contributed by atoms with E-state index in [1.165, 1.54) is 13.8 Å². The maximum absolute atomic E-state index is 13.4. The van der Waals surface area contributed by atoms with Crippen molar-refractivity contribution < 1.29 is 23.8 Å². The average Bonchev–Trinajstić information content (AvgIpc) is 2.95. The summed E-state index contributed by atoms with van der Waals surface area (Å²) in [6, 6.07) is 18.8. The van der Waals surface area contributed by atoms with Gasteiger partial charge in [-0.3, -0.25) is 9.59 Å². The first-order chi connectivity index (χ1) is 15.2. The minimum atomic E-state index is -1.35. The zero-order valence-corrected chi connectivity index (χ0v) is 18.6. The number of carbonyl (C=O) groups is 2. The standard InChI is InChI=1S/C25H26N2O5/c1-16-17(2)27(30)22(26(16)15-18-11-7-5-8-12-18)20(19-13-9-6-10-14-19)21-23(28)31-25(3,4)32-24(21)29/h5-14,20-21H,15H2,1-4H3/t20-/m0/s1. The van der Waals surface area contributed by atoms with Crippen molar-refractivity contribution in [3.63, 3.8) is 0 Å². The zero-order valence-electron chi connectivity index (χ0n) is 18.6. The second-order valence-electron chi connectivity index (χ2n) is 8.50. The maximum atomic E-state index is 13.4. The zero-order chi connectivity index (χ0) is 23.0. The highest BCUT2D eigenvalue weighted by Gasteiger charge is 2.51. The Kier molecular flexibility index (Phi) is 5.50. The largest absolute Gasteiger partial charge is 0.711 e. The van der Waals surface area contributed by atoms with Crippen molar-refractivity contribution in [2.75, 3.05) is 0 Å². The van der Waals surface area contributed by atoms with E-state index >= 15 is 0 Å². The smallest absolute Gasteiger partial charge is 0.324 e. The van der Waals surface area contributed by atoms with Gasteiger partial charge in [0.05, 0.1) is 0 Å². The summed E-state index contributed by atoms with van der Waals surface area (Å²) < 4.78 is 13.5. The fourth-order valence-corrected chi connectivity index (χ4v) is 4.21. The third-order valence-corrected chi connectivity index (χ3v) is 5.87. The molecule has 3 aromatic rings. The van der Waals surface area contributed by atoms with Crippen LogP contribution in [0.2, 0.25) is 0 Å². The second-order valence-corrected chi connectivity index (χ2v) is 8.50. The van der Waals surface area contributed by atoms with E-state index in [1.54, 1.807) is 19.1 Å². The number of ether oxygens (including phenoxy) is 2. The maximum Gasteiger partial charge on any atom is 0.324 e. The van der Waals surface area contributed by atoms with Crippen molar-refractivity contribution in [3.05, 3.63) is 94.2 Å². The SMILES string of the molecule is Cc1c(C)[n+]([O-])c([C@@H](c2ccccc2)C2C(=O)OC(C)(C)OC2=O)n1Cc1ccccc1. The minimum absolute atomic E-state index is 0.300. The number of hydrogen-bond donors (Lipinski definition) is 0. The molecule has 1 atom stereocenters. The highest BCUT2D eigenvalue weighted by atomic mass is 16.7. The molecule has 32 heavy (non-hydrogen) atoms. The number of cyclic esters (lactones) is 2. The number of aromatic nitrogens is 2. The van der Waals surface area contributed by atoms with Crippen molar-refractivity contribution >= 4 is 11.9 Å². The van der Waals surface area contributed by atoms with E-state index in [-0.39, 0.29) is 0 Å². The Labute approximate surface area is 186 Å². The van der Waals surface area contributed by atoms with Gasteiger partial charge in [-0.25, -0.2) is 9.30 Å². The number of benzene rings is 2. The van der Waals surface area contributed by atoms with E-state index < -0.39 is 29.6 Å². The molecule has 0 spiro atoms. The summed E-state index contributed by atoms with van der Waals surface area (Å²) in [6.07, 6.45) is 0. The van der Waals surface area contributed by atoms with Crippen LogP contribution < -0.4 is 4.73 Å². The monoisotopic (exact) mass is 434 g/mol. The van der Waals surface area contributed by atoms with Gasteiger partial charge < -0.3 is 14.7 Å². The Morgan fingerprint density at radius 3 is 2.06 bits per heavy atom. The fourth-order valence-electron chi connectivity index (χ4n) is 4.21. The van der Waals surface area contributed by atoms with Gasteiger partial charge >= 0.3 is 11.9 Å². The molecule has 2 aromatic carbocycles. The molecule has 2 heterocycles. The van der Waals surface area contributed by atoms with Gasteiger partial charge in [0.2, 0.25) is 0 Å². The van der Waals surface area contributed by atoms with E-state index in [4.69, 9.17) is 9.47 Å². The molecule has 166 valence electrons. The molecule has 1 saturated heterocycles. The summed E-state index contributed by atoms with van der Waals surface area (Å²) >= 11 is 0. The van der Waals surface area contributed by atoms with Gasteiger partial charge in [0, 0.05) is 27.7 Å². The van der Waals surface area contributed by atoms with Crippen LogP contribution in [0, 0.1) is 25.0 Å². The predicted octanol–water partition coefficient (Wildman–Crippen LogP) is 3.37. The van der Waals surface area contributed by atoms with Gasteiger partial charge in [0.15, 0.2) is 5.92 Å². The molecule has 0 bridgehead atoms. The summed E-state index contributed by atoms with van der Waals surface area (Å²) in [5.74, 6) is -4.63. The lowest BCUT2D eigenvalue weighted by molar-refractivity contribution is -0.621. The molecular formula is C25H26N2O5. The summed E-state index contributed by atoms with van der Waals surface area (Å²) in [5, 5.41) is 13.4. The lowest BCUT2D eigenvalue weighted by Crippen LogP contribution is -2.50. The Morgan fingerprint density at radius 2 is 1.50 bits per heavy atom. The Bertz CT molecular complexity index is 1130. The third-order valence-electron chi connectivity index (χ3n) is 5.87. The lowest BCUT2D eigenvalue weighted by Gasteiger charge is -2.35. The van der Waals surface area contributed by atoms with Gasteiger partial charge in [0.25, 0.3) is 11.6 Å². The molecule has 0 N–H and O–H groups in total. The van der Waals surface area contributed by atoms with Crippen molar-refractivity contribution in [1.82, 2.24) is 4.57 Å². The molecule has 7 nitrogen and oxygen atoms in total. The molecule has 1 aliphatic heterocycles. The Balaban J connectivity index is 1.91. The first-order valence-electron chi connectivity index (χ1n) is 10.5. The molecule has 0 aliphatic carbocycles. The molecule has 0 amide bonds. The Morgan fingerprint density at radius 1 is 0.969 bits per heavy atom. The minimum Gasteiger partial charge on any atom is -0.711 e. The number of hydrogen-bond acceptors (Lipinski definition) is 5. The Hall–Kier alpha value is -3.61. The van der Waals surface area contributed by atoms with E-state index in [2.05, 4.69) is 0 Å². The van der Waals surface area contributed by atoms with Gasteiger partial charge in [-0.05, 0) is 11.1 Å². The van der Waals surface area contributed by atoms with E-state index in [1.807, 2.05) is 60.0 Å². The van der Waals surface area contributed by atoms with Gasteiger partial charge in [0.1, 0.15) is 23.9 Å². The number of carbonyl (C=O) groups excluding carboxylic acids is 2. The van der Waals surface area contributed by atoms with Crippen molar-refractivity contribution in [1.29, 1.82) is 0 Å². The van der Waals surface area contributed by atoms with Crippen molar-refractivity contribution in [3.8, 4) is 0 Å². The molecule has 4 rings (SSSR count). The summed E-state index contributed by atoms with van der Waals surface area (Å²) in [6.45, 7) is 7.03. The predicted molar refractivity (Wildman–Crippen MR) is 116 cm³/mol. The normalized spacial score (nSPS) is 17.0. The second kappa shape index (κ2) is 8.15. The van der Waals surface area contributed by atoms with E-state index in [9.17, 15) is 14.8 Å². The highest BCUT2D eigenvalue weighted by molar-refractivity contribution is 5.98. The molecule has 1 fully saturated rings. The quantitative estimate of drug-likeness (QED) is 0.266. The van der Waals surface area contributed by atoms with Crippen LogP contribution in [-0.2, 0) is 25.6 Å². The summed E-state index contributed by atoms with van der Waals surface area (Å²) in [7, 11) is 0. The highest BCUT2D eigenvalue weighted by Crippen LogP contribution is 2.38. The van der Waals surface area contributed by atoms with Crippen molar-refractivity contribution in [2.45, 2.75) is 45.9 Å². The first-order valence-corrected chi connectivity index (χ1v) is 10.5. The van der Waals surface area contributed by atoms with Gasteiger partial charge in [-0.1, -0.05) is 60.7 Å². The summed E-state index contributed by atoms with van der Waals surface area (Å²) in [4.78, 5) is 26.1. The summed E-state index contributed by atoms with van der Waals surface area (Å²) in [5.41, 5.74) is 2.92. The van der Waals surface area contributed by atoms with Crippen LogP contribution in [0.1, 0.15) is 48.1 Å². The third kappa shape index (κ3) is 3.86. The number of esters is 2. The van der Waals surface area contributed by atoms with E-state index in [0.29, 0.717) is 23.6 Å². The fraction of sp³-hybridized carbons (Fsp3) is 0.320. The van der Waals surface area contributed by atoms with Crippen LogP contribution in [-0.4, -0.2) is 22.3 Å². The molecule has 1 aromatic heterocycles. The van der Waals surface area contributed by atoms with Crippen LogP contribution >= 0.6 is 0 Å². The van der Waals surface area contributed by atoms with Crippen LogP contribution in [0.5, 0.6) is 0 Å². The van der Waals surface area contributed by atoms with Crippen LogP contribution in [0.3, 0.4) is 0 Å². The lowest BCUT2D eigenvalue weighted by atomic mass is 9.84. The van der Waals surface area contributed by atoms with E-state index in [0.717, 1.165) is 16.0 Å². The molecule has 0 unspecified atom stereocenters. The molecule has 1 aliphatic rings. The number of nitrogens with zero attached hydrogens (tertiary/aromatic N) is 2. The van der Waals surface area contributed by atoms with Gasteiger partial charge in [-0.15, -0.1) is 0 Å². The van der Waals surface area contributed by atoms with Gasteiger partial charge in [-0.2, -0.15) is 0 Å². The molecule has 0 saturated carbocycles. The number of imidazole rings is 1. The first kappa shape index (κ1) is 21.6.